The summed E-state index contributed by atoms with van der Waals surface area (Å²) in [6.07, 6.45) is 4.08. The van der Waals surface area contributed by atoms with Crippen LogP contribution in [-0.2, 0) is 12.8 Å². The number of H-pyrrole nitrogens is 1. The van der Waals surface area contributed by atoms with Gasteiger partial charge in [0.1, 0.15) is 11.5 Å². The number of aryl methyl sites for hydroxylation is 1. The number of aromatic nitrogens is 1. The van der Waals surface area contributed by atoms with Crippen LogP contribution in [-0.4, -0.2) is 53.4 Å². The molecule has 28 heavy (non-hydrogen) atoms. The number of piperidine rings is 1. The number of aromatic amines is 1. The van der Waals surface area contributed by atoms with Crippen LogP contribution in [0, 0.1) is 11.7 Å². The fourth-order valence-electron chi connectivity index (χ4n) is 4.09. The molecule has 1 aliphatic heterocycles. The summed E-state index contributed by atoms with van der Waals surface area (Å²) >= 11 is 0. The van der Waals surface area contributed by atoms with Crippen molar-refractivity contribution in [3.05, 3.63) is 59.2 Å². The topological polar surface area (TPSA) is 39.3 Å². The zero-order valence-electron chi connectivity index (χ0n) is 17.1. The molecule has 1 amide bonds. The van der Waals surface area contributed by atoms with Gasteiger partial charge in [0, 0.05) is 31.9 Å². The Hall–Kier alpha value is -2.14. The molecule has 1 fully saturated rings. The highest BCUT2D eigenvalue weighted by molar-refractivity contribution is 5.92. The molecule has 152 valence electrons. The number of rotatable bonds is 8. The number of nitrogens with one attached hydrogen (secondary N) is 1. The number of nitrogens with zero attached hydrogens (tertiary/aromatic N) is 2. The molecule has 0 saturated carbocycles. The summed E-state index contributed by atoms with van der Waals surface area (Å²) in [7, 11) is 0. The van der Waals surface area contributed by atoms with E-state index in [4.69, 9.17) is 0 Å². The zero-order chi connectivity index (χ0) is 19.9. The Bertz CT molecular complexity index is 773. The lowest BCUT2D eigenvalue weighted by Gasteiger charge is -2.35. The second-order valence-electron chi connectivity index (χ2n) is 7.78. The van der Waals surface area contributed by atoms with Crippen molar-refractivity contribution in [3.8, 4) is 0 Å². The zero-order valence-corrected chi connectivity index (χ0v) is 17.1. The normalized spacial score (nSPS) is 17.6. The van der Waals surface area contributed by atoms with Crippen LogP contribution in [0.3, 0.4) is 0 Å². The van der Waals surface area contributed by atoms with Gasteiger partial charge in [-0.2, -0.15) is 0 Å². The number of likely N-dealkylation sites (tertiary alicyclic amines) is 1. The van der Waals surface area contributed by atoms with Gasteiger partial charge < -0.3 is 14.8 Å². The highest BCUT2D eigenvalue weighted by Crippen LogP contribution is 2.19. The van der Waals surface area contributed by atoms with Crippen molar-refractivity contribution in [1.82, 2.24) is 14.8 Å². The van der Waals surface area contributed by atoms with Gasteiger partial charge in [0.2, 0.25) is 0 Å². The molecule has 1 aromatic carbocycles. The van der Waals surface area contributed by atoms with Gasteiger partial charge in [-0.05, 0) is 74.9 Å². The lowest BCUT2D eigenvalue weighted by Crippen LogP contribution is -2.43. The van der Waals surface area contributed by atoms with E-state index in [-0.39, 0.29) is 11.7 Å². The Balaban J connectivity index is 1.53. The van der Waals surface area contributed by atoms with Gasteiger partial charge >= 0.3 is 0 Å². The van der Waals surface area contributed by atoms with Crippen molar-refractivity contribution in [2.75, 3.05) is 32.7 Å². The summed E-state index contributed by atoms with van der Waals surface area (Å²) in [5.74, 6) is 0.423. The second-order valence-corrected chi connectivity index (χ2v) is 7.78. The van der Waals surface area contributed by atoms with Crippen molar-refractivity contribution in [1.29, 1.82) is 0 Å². The van der Waals surface area contributed by atoms with E-state index in [0.29, 0.717) is 11.6 Å². The molecule has 0 bridgehead atoms. The van der Waals surface area contributed by atoms with Gasteiger partial charge in [-0.3, -0.25) is 4.79 Å². The average Bonchev–Trinajstić information content (AvgIpc) is 3.20. The summed E-state index contributed by atoms with van der Waals surface area (Å²) in [5, 5.41) is 0. The van der Waals surface area contributed by atoms with Crippen LogP contribution in [0.4, 0.5) is 4.39 Å². The number of hydrogen-bond donors (Lipinski definition) is 1. The van der Waals surface area contributed by atoms with Crippen LogP contribution >= 0.6 is 0 Å². The molecular formula is C23H32FN3O. The monoisotopic (exact) mass is 385 g/mol. The highest BCUT2D eigenvalue weighted by atomic mass is 19.1. The Morgan fingerprint density at radius 2 is 2.14 bits per heavy atom. The first-order valence-electron chi connectivity index (χ1n) is 10.5. The van der Waals surface area contributed by atoms with Gasteiger partial charge in [0.05, 0.1) is 0 Å². The largest absolute Gasteiger partial charge is 0.354 e. The highest BCUT2D eigenvalue weighted by Gasteiger charge is 2.24. The van der Waals surface area contributed by atoms with Crippen LogP contribution in [0.2, 0.25) is 0 Å². The minimum absolute atomic E-state index is 0.0964. The SMILES string of the molecule is CCc1ccc(C(=O)N(CC)CC2CCCN(CCc3cccc(F)c3)C2)[nH]1. The average molecular weight is 386 g/mol. The Morgan fingerprint density at radius 3 is 2.86 bits per heavy atom. The van der Waals surface area contributed by atoms with E-state index in [2.05, 4.69) is 16.8 Å². The summed E-state index contributed by atoms with van der Waals surface area (Å²) < 4.78 is 13.4. The molecule has 1 N–H and O–H groups in total. The molecule has 1 unspecified atom stereocenters. The van der Waals surface area contributed by atoms with Crippen molar-refractivity contribution < 1.29 is 9.18 Å². The predicted octanol–water partition coefficient (Wildman–Crippen LogP) is 4.13. The molecule has 2 aromatic rings. The van der Waals surface area contributed by atoms with Crippen molar-refractivity contribution in [2.24, 2.45) is 5.92 Å². The van der Waals surface area contributed by atoms with E-state index in [0.717, 1.165) is 69.7 Å². The third-order valence-corrected chi connectivity index (χ3v) is 5.71. The minimum atomic E-state index is -0.165. The third kappa shape index (κ3) is 5.44. The Morgan fingerprint density at radius 1 is 1.29 bits per heavy atom. The molecule has 1 saturated heterocycles. The molecule has 0 radical (unpaired) electrons. The third-order valence-electron chi connectivity index (χ3n) is 5.71. The number of halogens is 1. The van der Waals surface area contributed by atoms with Gasteiger partial charge in [0.25, 0.3) is 5.91 Å². The van der Waals surface area contributed by atoms with Gasteiger partial charge in [-0.15, -0.1) is 0 Å². The maximum absolute atomic E-state index is 13.4. The summed E-state index contributed by atoms with van der Waals surface area (Å²) in [6.45, 7) is 8.68. The number of hydrogen-bond acceptors (Lipinski definition) is 2. The van der Waals surface area contributed by atoms with E-state index >= 15 is 0 Å². The fraction of sp³-hybridized carbons (Fsp3) is 0.522. The number of carbonyl (C=O) groups excluding carboxylic acids is 1. The lowest BCUT2D eigenvalue weighted by atomic mass is 9.96. The number of benzene rings is 1. The standard InChI is InChI=1S/C23H32FN3O/c1-3-21-10-11-22(25-21)23(28)27(4-2)17-19-8-6-13-26(16-19)14-12-18-7-5-9-20(24)15-18/h5,7,9-11,15,19,25H,3-4,6,8,12-14,16-17H2,1-2H3. The molecule has 1 atom stereocenters. The molecule has 5 heteroatoms. The molecule has 1 aromatic heterocycles. The lowest BCUT2D eigenvalue weighted by molar-refractivity contribution is 0.0685. The molecule has 0 aliphatic carbocycles. The van der Waals surface area contributed by atoms with Crippen LogP contribution in [0.15, 0.2) is 36.4 Å². The van der Waals surface area contributed by atoms with Crippen LogP contribution in [0.1, 0.15) is 48.4 Å². The molecular weight excluding hydrogens is 353 g/mol. The Kier molecular flexibility index (Phi) is 7.26. The van der Waals surface area contributed by atoms with E-state index in [1.165, 1.54) is 6.07 Å². The van der Waals surface area contributed by atoms with Gasteiger partial charge in [-0.25, -0.2) is 4.39 Å². The van der Waals surface area contributed by atoms with Crippen molar-refractivity contribution >= 4 is 5.91 Å². The smallest absolute Gasteiger partial charge is 0.270 e. The van der Waals surface area contributed by atoms with E-state index in [1.807, 2.05) is 30.0 Å². The molecule has 0 spiro atoms. The maximum Gasteiger partial charge on any atom is 0.270 e. The van der Waals surface area contributed by atoms with Crippen LogP contribution < -0.4 is 0 Å². The van der Waals surface area contributed by atoms with E-state index in [9.17, 15) is 9.18 Å². The van der Waals surface area contributed by atoms with E-state index < -0.39 is 0 Å². The first kappa shape index (κ1) is 20.6. The number of carbonyl (C=O) groups is 1. The second kappa shape index (κ2) is 9.87. The number of amides is 1. The van der Waals surface area contributed by atoms with Crippen LogP contribution in [0.5, 0.6) is 0 Å². The fourth-order valence-corrected chi connectivity index (χ4v) is 4.09. The molecule has 2 heterocycles. The predicted molar refractivity (Wildman–Crippen MR) is 111 cm³/mol. The Labute approximate surface area is 167 Å². The molecule has 1 aliphatic rings. The quantitative estimate of drug-likeness (QED) is 0.742. The van der Waals surface area contributed by atoms with Crippen molar-refractivity contribution in [2.45, 2.75) is 39.5 Å². The maximum atomic E-state index is 13.4. The molecule has 3 rings (SSSR count). The van der Waals surface area contributed by atoms with Crippen molar-refractivity contribution in [3.63, 3.8) is 0 Å². The first-order valence-corrected chi connectivity index (χ1v) is 10.5. The summed E-state index contributed by atoms with van der Waals surface area (Å²) in [6, 6.07) is 10.8. The van der Waals surface area contributed by atoms with Crippen LogP contribution in [0.25, 0.3) is 0 Å². The van der Waals surface area contributed by atoms with Gasteiger partial charge in [-0.1, -0.05) is 19.1 Å². The molecule has 4 nitrogen and oxygen atoms in total. The minimum Gasteiger partial charge on any atom is -0.354 e. The van der Waals surface area contributed by atoms with Gasteiger partial charge in [0.15, 0.2) is 0 Å². The van der Waals surface area contributed by atoms with E-state index in [1.54, 1.807) is 12.1 Å². The summed E-state index contributed by atoms with van der Waals surface area (Å²) in [5.41, 5.74) is 2.84. The first-order chi connectivity index (χ1) is 13.6. The summed E-state index contributed by atoms with van der Waals surface area (Å²) in [4.78, 5) is 20.5.